The van der Waals surface area contributed by atoms with Gasteiger partial charge in [0.1, 0.15) is 0 Å². The molecule has 0 bridgehead atoms. The van der Waals surface area contributed by atoms with Crippen LogP contribution in [0.1, 0.15) is 19.8 Å². The second-order valence-corrected chi connectivity index (χ2v) is 6.71. The minimum absolute atomic E-state index is 0. The third kappa shape index (κ3) is 8.36. The maximum Gasteiger partial charge on any atom is 0.390 e. The Balaban J connectivity index is 0.00000441. The number of hydrogen-bond donors (Lipinski definition) is 2. The highest BCUT2D eigenvalue weighted by Gasteiger charge is 2.27. The molecule has 0 radical (unpaired) electrons. The van der Waals surface area contributed by atoms with Crippen LogP contribution >= 0.6 is 24.0 Å². The van der Waals surface area contributed by atoms with Gasteiger partial charge in [-0.15, -0.1) is 24.0 Å². The van der Waals surface area contributed by atoms with Crippen molar-refractivity contribution < 1.29 is 21.6 Å². The number of alkyl halides is 3. The maximum absolute atomic E-state index is 12.1. The van der Waals surface area contributed by atoms with E-state index in [1.807, 2.05) is 0 Å². The van der Waals surface area contributed by atoms with E-state index in [2.05, 4.69) is 15.6 Å². The number of rotatable bonds is 6. The van der Waals surface area contributed by atoms with Gasteiger partial charge in [0, 0.05) is 26.2 Å². The van der Waals surface area contributed by atoms with Crippen molar-refractivity contribution in [1.29, 1.82) is 0 Å². The summed E-state index contributed by atoms with van der Waals surface area (Å²) < 4.78 is 60.7. The van der Waals surface area contributed by atoms with Crippen LogP contribution in [0.2, 0.25) is 0 Å². The number of nitrogens with zero attached hydrogens (tertiary/aromatic N) is 2. The molecule has 0 spiro atoms. The molecule has 0 aliphatic carbocycles. The molecule has 22 heavy (non-hydrogen) atoms. The van der Waals surface area contributed by atoms with E-state index in [1.54, 1.807) is 6.92 Å². The highest BCUT2D eigenvalue weighted by atomic mass is 127. The van der Waals surface area contributed by atoms with E-state index in [9.17, 15) is 21.6 Å². The van der Waals surface area contributed by atoms with E-state index in [0.717, 1.165) is 0 Å². The number of nitrogens with one attached hydrogen (secondary N) is 2. The molecule has 0 aromatic rings. The summed E-state index contributed by atoms with van der Waals surface area (Å²) in [7, 11) is -3.15. The van der Waals surface area contributed by atoms with Gasteiger partial charge in [-0.1, -0.05) is 0 Å². The van der Waals surface area contributed by atoms with Gasteiger partial charge >= 0.3 is 6.18 Å². The van der Waals surface area contributed by atoms with Crippen LogP contribution in [0.15, 0.2) is 4.99 Å². The molecular formula is C11H22F3IN4O2S. The van der Waals surface area contributed by atoms with Crippen LogP contribution in [-0.4, -0.2) is 63.3 Å². The van der Waals surface area contributed by atoms with Crippen LogP contribution in [0.4, 0.5) is 13.2 Å². The first-order chi connectivity index (χ1) is 9.74. The van der Waals surface area contributed by atoms with Gasteiger partial charge in [0.15, 0.2) is 5.96 Å². The molecule has 11 heteroatoms. The number of hydrogen-bond acceptors (Lipinski definition) is 3. The quantitative estimate of drug-likeness (QED) is 0.356. The van der Waals surface area contributed by atoms with E-state index >= 15 is 0 Å². The summed E-state index contributed by atoms with van der Waals surface area (Å²) in [6.07, 6.45) is -4.60. The van der Waals surface area contributed by atoms with E-state index in [1.165, 1.54) is 4.31 Å². The molecule has 2 N–H and O–H groups in total. The molecule has 0 saturated carbocycles. The molecule has 1 aliphatic heterocycles. The zero-order valence-electron chi connectivity index (χ0n) is 12.3. The SMILES string of the molecule is CCNC(=NCCC(F)(F)F)NCCN1CCCS1(=O)=O.I. The fourth-order valence-corrected chi connectivity index (χ4v) is 3.41. The van der Waals surface area contributed by atoms with Gasteiger partial charge in [-0.25, -0.2) is 12.7 Å². The number of sulfonamides is 1. The first-order valence-electron chi connectivity index (χ1n) is 6.81. The van der Waals surface area contributed by atoms with Crippen molar-refractivity contribution >= 4 is 40.0 Å². The van der Waals surface area contributed by atoms with E-state index in [0.29, 0.717) is 26.1 Å². The van der Waals surface area contributed by atoms with Gasteiger partial charge < -0.3 is 10.6 Å². The van der Waals surface area contributed by atoms with Crippen LogP contribution in [0.5, 0.6) is 0 Å². The number of guanidine groups is 1. The second-order valence-electron chi connectivity index (χ2n) is 4.62. The monoisotopic (exact) mass is 458 g/mol. The standard InChI is InChI=1S/C11H21F3N4O2S.HI/c1-2-15-10(16-5-4-11(12,13)14)17-6-8-18-7-3-9-21(18,19)20;/h2-9H2,1H3,(H2,15,16,17);1H. The molecule has 0 aromatic carbocycles. The van der Waals surface area contributed by atoms with E-state index < -0.39 is 22.6 Å². The fraction of sp³-hybridized carbons (Fsp3) is 0.909. The van der Waals surface area contributed by atoms with Gasteiger partial charge in [-0.05, 0) is 13.3 Å². The normalized spacial score (nSPS) is 18.8. The highest BCUT2D eigenvalue weighted by molar-refractivity contribution is 14.0. The second kappa shape index (κ2) is 9.75. The lowest BCUT2D eigenvalue weighted by atomic mass is 10.4. The zero-order chi connectivity index (χ0) is 15.9. The van der Waals surface area contributed by atoms with Crippen molar-refractivity contribution in [3.05, 3.63) is 0 Å². The molecule has 1 saturated heterocycles. The largest absolute Gasteiger partial charge is 0.390 e. The van der Waals surface area contributed by atoms with Gasteiger partial charge in [0.05, 0.1) is 18.7 Å². The molecule has 0 atom stereocenters. The highest BCUT2D eigenvalue weighted by Crippen LogP contribution is 2.18. The van der Waals surface area contributed by atoms with Crippen molar-refractivity contribution in [2.24, 2.45) is 4.99 Å². The smallest absolute Gasteiger partial charge is 0.357 e. The lowest BCUT2D eigenvalue weighted by Gasteiger charge is -2.16. The lowest BCUT2D eigenvalue weighted by Crippen LogP contribution is -2.42. The first-order valence-corrected chi connectivity index (χ1v) is 8.42. The number of aliphatic imine (C=N–C) groups is 1. The van der Waals surface area contributed by atoms with Crippen molar-refractivity contribution in [2.45, 2.75) is 25.9 Å². The Hall–Kier alpha value is -0.300. The predicted molar refractivity (Wildman–Crippen MR) is 90.0 cm³/mol. The minimum Gasteiger partial charge on any atom is -0.357 e. The summed E-state index contributed by atoms with van der Waals surface area (Å²) in [6, 6.07) is 0. The van der Waals surface area contributed by atoms with Crippen LogP contribution in [0.3, 0.4) is 0 Å². The molecule has 0 amide bonds. The Morgan fingerprint density at radius 2 is 2.00 bits per heavy atom. The lowest BCUT2D eigenvalue weighted by molar-refractivity contribution is -0.132. The molecule has 1 heterocycles. The maximum atomic E-state index is 12.1. The Labute approximate surface area is 146 Å². The zero-order valence-corrected chi connectivity index (χ0v) is 15.5. The Morgan fingerprint density at radius 1 is 1.32 bits per heavy atom. The van der Waals surface area contributed by atoms with Crippen molar-refractivity contribution in [3.63, 3.8) is 0 Å². The summed E-state index contributed by atoms with van der Waals surface area (Å²) in [5.41, 5.74) is 0. The fourth-order valence-electron chi connectivity index (χ4n) is 1.88. The van der Waals surface area contributed by atoms with Gasteiger partial charge in [0.25, 0.3) is 0 Å². The average Bonchev–Trinajstić information content (AvgIpc) is 2.67. The minimum atomic E-state index is -4.23. The molecule has 0 aromatic heterocycles. The summed E-state index contributed by atoms with van der Waals surface area (Å²) in [5.74, 6) is 0.422. The Bertz CT molecular complexity index is 457. The summed E-state index contributed by atoms with van der Waals surface area (Å²) in [5, 5.41) is 5.66. The molecule has 1 rings (SSSR count). The van der Waals surface area contributed by atoms with Crippen LogP contribution in [0.25, 0.3) is 0 Å². The molecule has 6 nitrogen and oxygen atoms in total. The van der Waals surface area contributed by atoms with Crippen LogP contribution in [0, 0.1) is 0 Å². The first kappa shape index (κ1) is 21.7. The molecule has 1 aliphatic rings. The Kier molecular flexibility index (Phi) is 9.62. The van der Waals surface area contributed by atoms with E-state index in [4.69, 9.17) is 0 Å². The van der Waals surface area contributed by atoms with Crippen LogP contribution in [-0.2, 0) is 10.0 Å². The van der Waals surface area contributed by atoms with Crippen molar-refractivity contribution in [3.8, 4) is 0 Å². The van der Waals surface area contributed by atoms with Gasteiger partial charge in [-0.3, -0.25) is 4.99 Å². The molecular weight excluding hydrogens is 436 g/mol. The predicted octanol–water partition coefficient (Wildman–Crippen LogP) is 1.15. The topological polar surface area (TPSA) is 73.8 Å². The number of halogens is 4. The van der Waals surface area contributed by atoms with Gasteiger partial charge in [-0.2, -0.15) is 13.2 Å². The van der Waals surface area contributed by atoms with Crippen LogP contribution < -0.4 is 10.6 Å². The third-order valence-electron chi connectivity index (χ3n) is 2.87. The molecule has 1 fully saturated rings. The third-order valence-corrected chi connectivity index (χ3v) is 4.82. The van der Waals surface area contributed by atoms with Gasteiger partial charge in [0.2, 0.25) is 10.0 Å². The molecule has 132 valence electrons. The van der Waals surface area contributed by atoms with Crippen molar-refractivity contribution in [1.82, 2.24) is 14.9 Å². The Morgan fingerprint density at radius 3 is 2.50 bits per heavy atom. The summed E-state index contributed by atoms with van der Waals surface area (Å²) in [6.45, 7) is 3.03. The average molecular weight is 458 g/mol. The van der Waals surface area contributed by atoms with E-state index in [-0.39, 0.29) is 48.8 Å². The summed E-state index contributed by atoms with van der Waals surface area (Å²) in [4.78, 5) is 3.81. The van der Waals surface area contributed by atoms with Crippen molar-refractivity contribution in [2.75, 3.05) is 38.5 Å². The molecule has 0 unspecified atom stereocenters. The summed E-state index contributed by atoms with van der Waals surface area (Å²) >= 11 is 0.